The predicted molar refractivity (Wildman–Crippen MR) is 74.9 cm³/mol. The molecule has 0 amide bonds. The highest BCUT2D eigenvalue weighted by Gasteiger charge is 2.21. The summed E-state index contributed by atoms with van der Waals surface area (Å²) in [6.45, 7) is 4.62. The van der Waals surface area contributed by atoms with Gasteiger partial charge in [-0.25, -0.2) is 4.39 Å². The highest BCUT2D eigenvalue weighted by Crippen LogP contribution is 2.21. The van der Waals surface area contributed by atoms with Crippen LogP contribution in [0.25, 0.3) is 0 Å². The summed E-state index contributed by atoms with van der Waals surface area (Å²) in [6.07, 6.45) is 0.549. The molecule has 0 heterocycles. The Balaban J connectivity index is 2.54. The molecule has 0 aromatic heterocycles. The number of ether oxygens (including phenoxy) is 1. The van der Waals surface area contributed by atoms with Crippen molar-refractivity contribution < 1.29 is 14.2 Å². The van der Waals surface area contributed by atoms with Crippen LogP contribution >= 0.6 is 11.6 Å². The average Bonchev–Trinajstić information content (AvgIpc) is 2.37. The fourth-order valence-corrected chi connectivity index (χ4v) is 1.87. The maximum atomic E-state index is 13.1. The van der Waals surface area contributed by atoms with Gasteiger partial charge >= 0.3 is 0 Å². The van der Waals surface area contributed by atoms with Crippen LogP contribution in [0.3, 0.4) is 0 Å². The highest BCUT2D eigenvalue weighted by molar-refractivity contribution is 6.30. The second kappa shape index (κ2) is 7.20. The summed E-state index contributed by atoms with van der Waals surface area (Å²) >= 11 is 5.75. The highest BCUT2D eigenvalue weighted by atomic mass is 35.5. The second-order valence-corrected chi connectivity index (χ2v) is 5.42. The Morgan fingerprint density at radius 3 is 2.79 bits per heavy atom. The van der Waals surface area contributed by atoms with Gasteiger partial charge in [-0.3, -0.25) is 0 Å². The summed E-state index contributed by atoms with van der Waals surface area (Å²) in [7, 11) is 1.60. The summed E-state index contributed by atoms with van der Waals surface area (Å²) < 4.78 is 18.0. The number of halogens is 2. The summed E-state index contributed by atoms with van der Waals surface area (Å²) in [5.41, 5.74) is 0.0441. The maximum Gasteiger partial charge on any atom is 0.141 e. The number of methoxy groups -OCH3 is 1. The molecule has 0 radical (unpaired) electrons. The van der Waals surface area contributed by atoms with Crippen LogP contribution < -0.4 is 5.32 Å². The van der Waals surface area contributed by atoms with Gasteiger partial charge in [0.05, 0.1) is 10.6 Å². The first-order valence-corrected chi connectivity index (χ1v) is 6.63. The minimum Gasteiger partial charge on any atom is -0.389 e. The van der Waals surface area contributed by atoms with Crippen LogP contribution in [-0.2, 0) is 4.74 Å². The molecule has 0 spiro atoms. The Hall–Kier alpha value is -0.680. The number of benzene rings is 1. The van der Waals surface area contributed by atoms with Crippen molar-refractivity contribution in [1.29, 1.82) is 0 Å². The van der Waals surface area contributed by atoms with E-state index in [-0.39, 0.29) is 11.1 Å². The number of hydrogen-bond acceptors (Lipinski definition) is 3. The molecule has 0 fully saturated rings. The quantitative estimate of drug-likeness (QED) is 0.811. The van der Waals surface area contributed by atoms with E-state index < -0.39 is 11.4 Å². The monoisotopic (exact) mass is 289 g/mol. The molecular formula is C14H21ClFNO2. The number of nitrogens with one attached hydrogen (secondary N) is 1. The van der Waals surface area contributed by atoms with Gasteiger partial charge in [0, 0.05) is 32.7 Å². The summed E-state index contributed by atoms with van der Waals surface area (Å²) in [6, 6.07) is 4.60. The molecular weight excluding hydrogens is 269 g/mol. The van der Waals surface area contributed by atoms with Crippen molar-refractivity contribution in [2.24, 2.45) is 0 Å². The molecule has 1 aromatic rings. The Morgan fingerprint density at radius 1 is 1.53 bits per heavy atom. The number of aliphatic hydroxyl groups is 1. The molecule has 0 saturated carbocycles. The summed E-state index contributed by atoms with van der Waals surface area (Å²) in [5, 5.41) is 13.4. The van der Waals surface area contributed by atoms with Crippen LogP contribution in [0.2, 0.25) is 5.02 Å². The first-order valence-electron chi connectivity index (χ1n) is 6.25. The standard InChI is InChI=1S/C14H21ClFNO2/c1-10(11-4-5-13(16)12(15)8-11)17-9-14(2,18)6-7-19-3/h4-5,8,10,17-18H,6-7,9H2,1-3H3. The van der Waals surface area contributed by atoms with Crippen LogP contribution in [0.15, 0.2) is 18.2 Å². The molecule has 0 saturated heterocycles. The molecule has 0 aliphatic carbocycles. The lowest BCUT2D eigenvalue weighted by Gasteiger charge is -2.26. The molecule has 5 heteroatoms. The molecule has 0 aliphatic heterocycles. The van der Waals surface area contributed by atoms with Crippen molar-refractivity contribution in [1.82, 2.24) is 5.32 Å². The van der Waals surface area contributed by atoms with Crippen molar-refractivity contribution >= 4 is 11.6 Å². The lowest BCUT2D eigenvalue weighted by molar-refractivity contribution is 0.0231. The zero-order valence-corrected chi connectivity index (χ0v) is 12.3. The van der Waals surface area contributed by atoms with Gasteiger partial charge in [0.25, 0.3) is 0 Å². The molecule has 0 bridgehead atoms. The third kappa shape index (κ3) is 5.45. The van der Waals surface area contributed by atoms with E-state index >= 15 is 0 Å². The zero-order valence-electron chi connectivity index (χ0n) is 11.5. The first-order chi connectivity index (χ1) is 8.85. The normalized spacial score (nSPS) is 16.1. The second-order valence-electron chi connectivity index (χ2n) is 5.02. The van der Waals surface area contributed by atoms with Gasteiger partial charge in [-0.1, -0.05) is 17.7 Å². The number of hydrogen-bond donors (Lipinski definition) is 2. The fraction of sp³-hybridized carbons (Fsp3) is 0.571. The SMILES string of the molecule is COCCC(C)(O)CNC(C)c1ccc(F)c(Cl)c1. The van der Waals surface area contributed by atoms with Gasteiger partial charge in [0.2, 0.25) is 0 Å². The molecule has 1 aromatic carbocycles. The Bertz CT molecular complexity index is 412. The predicted octanol–water partition coefficient (Wildman–Crippen LogP) is 2.92. The van der Waals surface area contributed by atoms with Gasteiger partial charge in [-0.2, -0.15) is 0 Å². The molecule has 19 heavy (non-hydrogen) atoms. The van der Waals surface area contributed by atoms with Crippen molar-refractivity contribution in [3.63, 3.8) is 0 Å². The van der Waals surface area contributed by atoms with Crippen molar-refractivity contribution in [3.8, 4) is 0 Å². The van der Waals surface area contributed by atoms with Crippen molar-refractivity contribution in [2.45, 2.75) is 31.9 Å². The van der Waals surface area contributed by atoms with E-state index in [9.17, 15) is 9.50 Å². The van der Waals surface area contributed by atoms with Crippen LogP contribution in [0.5, 0.6) is 0 Å². The molecule has 2 atom stereocenters. The van der Waals surface area contributed by atoms with E-state index in [4.69, 9.17) is 16.3 Å². The van der Waals surface area contributed by atoms with E-state index in [0.717, 1.165) is 5.56 Å². The molecule has 2 N–H and O–H groups in total. The van der Waals surface area contributed by atoms with Crippen LogP contribution in [-0.4, -0.2) is 31.0 Å². The largest absolute Gasteiger partial charge is 0.389 e. The first kappa shape index (κ1) is 16.4. The van der Waals surface area contributed by atoms with E-state index in [0.29, 0.717) is 19.6 Å². The fourth-order valence-electron chi connectivity index (χ4n) is 1.68. The Kier molecular flexibility index (Phi) is 6.20. The van der Waals surface area contributed by atoms with E-state index in [1.807, 2.05) is 6.92 Å². The van der Waals surface area contributed by atoms with E-state index in [1.54, 1.807) is 26.2 Å². The van der Waals surface area contributed by atoms with E-state index in [1.165, 1.54) is 6.07 Å². The zero-order chi connectivity index (χ0) is 14.5. The molecule has 108 valence electrons. The smallest absolute Gasteiger partial charge is 0.141 e. The summed E-state index contributed by atoms with van der Waals surface area (Å²) in [4.78, 5) is 0. The third-order valence-electron chi connectivity index (χ3n) is 3.08. The van der Waals surface area contributed by atoms with Crippen LogP contribution in [0.4, 0.5) is 4.39 Å². The third-order valence-corrected chi connectivity index (χ3v) is 3.37. The minimum absolute atomic E-state index is 0.0212. The van der Waals surface area contributed by atoms with Crippen molar-refractivity contribution in [2.75, 3.05) is 20.3 Å². The lowest BCUT2D eigenvalue weighted by atomic mass is 10.0. The lowest BCUT2D eigenvalue weighted by Crippen LogP contribution is -2.39. The average molecular weight is 290 g/mol. The van der Waals surface area contributed by atoms with E-state index in [2.05, 4.69) is 5.32 Å². The van der Waals surface area contributed by atoms with Gasteiger partial charge < -0.3 is 15.2 Å². The number of rotatable bonds is 7. The van der Waals surface area contributed by atoms with Crippen LogP contribution in [0, 0.1) is 5.82 Å². The van der Waals surface area contributed by atoms with Gasteiger partial charge in [-0.05, 0) is 31.5 Å². The van der Waals surface area contributed by atoms with Gasteiger partial charge in [0.1, 0.15) is 5.82 Å². The van der Waals surface area contributed by atoms with Crippen LogP contribution in [0.1, 0.15) is 31.9 Å². The molecule has 1 rings (SSSR count). The molecule has 2 unspecified atom stereocenters. The van der Waals surface area contributed by atoms with Gasteiger partial charge in [0.15, 0.2) is 0 Å². The maximum absolute atomic E-state index is 13.1. The molecule has 0 aliphatic rings. The van der Waals surface area contributed by atoms with Gasteiger partial charge in [-0.15, -0.1) is 0 Å². The Labute approximate surface area is 118 Å². The Morgan fingerprint density at radius 2 is 2.21 bits per heavy atom. The topological polar surface area (TPSA) is 41.5 Å². The molecule has 3 nitrogen and oxygen atoms in total. The summed E-state index contributed by atoms with van der Waals surface area (Å²) in [5.74, 6) is -0.426. The van der Waals surface area contributed by atoms with Crippen molar-refractivity contribution in [3.05, 3.63) is 34.6 Å². The minimum atomic E-state index is -0.839.